The van der Waals surface area contributed by atoms with Crippen molar-refractivity contribution in [3.8, 4) is 0 Å². The first kappa shape index (κ1) is 8.16. The number of nitrogens with one attached hydrogen (secondary N) is 1. The summed E-state index contributed by atoms with van der Waals surface area (Å²) in [6.07, 6.45) is 0.0493. The molecule has 0 aromatic carbocycles. The summed E-state index contributed by atoms with van der Waals surface area (Å²) in [4.78, 5) is 0.972. The van der Waals surface area contributed by atoms with Crippen LogP contribution in [0.3, 0.4) is 0 Å². The Morgan fingerprint density at radius 2 is 2.50 bits per heavy atom. The molecular weight excluding hydrogens is 177 g/mol. The molecule has 66 valence electrons. The van der Waals surface area contributed by atoms with Crippen LogP contribution in [0.25, 0.3) is 0 Å². The Morgan fingerprint density at radius 1 is 1.58 bits per heavy atom. The SMILES string of the molecule is Fc1ccc(C2CNCCO2)s1. The second-order valence-electron chi connectivity index (χ2n) is 2.71. The van der Waals surface area contributed by atoms with Crippen molar-refractivity contribution in [1.29, 1.82) is 0 Å². The molecule has 2 heterocycles. The molecule has 0 amide bonds. The van der Waals surface area contributed by atoms with E-state index in [4.69, 9.17) is 4.74 Å². The third-order valence-electron chi connectivity index (χ3n) is 1.84. The lowest BCUT2D eigenvalue weighted by Gasteiger charge is -2.22. The molecule has 0 spiro atoms. The first-order valence-corrected chi connectivity index (χ1v) is 4.75. The van der Waals surface area contributed by atoms with Gasteiger partial charge in [-0.25, -0.2) is 0 Å². The Balaban J connectivity index is 2.08. The maximum atomic E-state index is 12.6. The summed E-state index contributed by atoms with van der Waals surface area (Å²) in [6, 6.07) is 3.27. The molecule has 0 saturated carbocycles. The first-order valence-electron chi connectivity index (χ1n) is 3.94. The van der Waals surface area contributed by atoms with Gasteiger partial charge in [-0.05, 0) is 12.1 Å². The number of rotatable bonds is 1. The summed E-state index contributed by atoms with van der Waals surface area (Å²) < 4.78 is 18.1. The fourth-order valence-electron chi connectivity index (χ4n) is 1.25. The average molecular weight is 187 g/mol. The molecule has 1 fully saturated rings. The van der Waals surface area contributed by atoms with Crippen molar-refractivity contribution in [3.63, 3.8) is 0 Å². The predicted molar refractivity (Wildman–Crippen MR) is 45.8 cm³/mol. The maximum absolute atomic E-state index is 12.6. The zero-order chi connectivity index (χ0) is 8.39. The van der Waals surface area contributed by atoms with Gasteiger partial charge in [-0.1, -0.05) is 0 Å². The van der Waals surface area contributed by atoms with Gasteiger partial charge in [0.15, 0.2) is 5.13 Å². The second kappa shape index (κ2) is 3.51. The summed E-state index contributed by atoms with van der Waals surface area (Å²) in [6.45, 7) is 2.40. The topological polar surface area (TPSA) is 21.3 Å². The van der Waals surface area contributed by atoms with E-state index in [9.17, 15) is 4.39 Å². The number of thiophene rings is 1. The highest BCUT2D eigenvalue weighted by atomic mass is 32.1. The van der Waals surface area contributed by atoms with Gasteiger partial charge >= 0.3 is 0 Å². The van der Waals surface area contributed by atoms with Crippen molar-refractivity contribution in [2.75, 3.05) is 19.7 Å². The molecule has 0 radical (unpaired) electrons. The molecule has 1 N–H and O–H groups in total. The standard InChI is InChI=1S/C8H10FNOS/c9-8-2-1-7(12-8)6-5-10-3-4-11-6/h1-2,6,10H,3-5H2. The molecule has 1 aromatic rings. The van der Waals surface area contributed by atoms with Gasteiger partial charge in [-0.3, -0.25) is 0 Å². The summed E-state index contributed by atoms with van der Waals surface area (Å²) in [7, 11) is 0. The van der Waals surface area contributed by atoms with Gasteiger partial charge in [0.05, 0.1) is 6.61 Å². The van der Waals surface area contributed by atoms with Crippen LogP contribution in [0.4, 0.5) is 4.39 Å². The van der Waals surface area contributed by atoms with Crippen molar-refractivity contribution in [3.05, 3.63) is 22.1 Å². The van der Waals surface area contributed by atoms with Gasteiger partial charge in [0.1, 0.15) is 6.10 Å². The van der Waals surface area contributed by atoms with Crippen LogP contribution in [0.15, 0.2) is 12.1 Å². The van der Waals surface area contributed by atoms with E-state index in [1.54, 1.807) is 6.07 Å². The smallest absolute Gasteiger partial charge is 0.176 e. The summed E-state index contributed by atoms with van der Waals surface area (Å²) in [5.41, 5.74) is 0. The Labute approximate surface area is 74.4 Å². The fraction of sp³-hybridized carbons (Fsp3) is 0.500. The van der Waals surface area contributed by atoms with Crippen LogP contribution in [-0.4, -0.2) is 19.7 Å². The molecule has 12 heavy (non-hydrogen) atoms. The van der Waals surface area contributed by atoms with E-state index in [1.165, 1.54) is 6.07 Å². The highest BCUT2D eigenvalue weighted by Gasteiger charge is 2.17. The van der Waals surface area contributed by atoms with Crippen LogP contribution in [0, 0.1) is 5.13 Å². The molecule has 1 aromatic heterocycles. The normalized spacial score (nSPS) is 24.2. The Morgan fingerprint density at radius 3 is 3.08 bits per heavy atom. The molecule has 1 saturated heterocycles. The van der Waals surface area contributed by atoms with Crippen molar-refractivity contribution < 1.29 is 9.13 Å². The van der Waals surface area contributed by atoms with Crippen LogP contribution in [0.1, 0.15) is 11.0 Å². The lowest BCUT2D eigenvalue weighted by Crippen LogP contribution is -2.32. The summed E-state index contributed by atoms with van der Waals surface area (Å²) in [5, 5.41) is 3.06. The minimum atomic E-state index is -0.140. The monoisotopic (exact) mass is 187 g/mol. The van der Waals surface area contributed by atoms with Crippen molar-refractivity contribution in [2.45, 2.75) is 6.10 Å². The molecule has 4 heteroatoms. The lowest BCUT2D eigenvalue weighted by molar-refractivity contribution is 0.0299. The van der Waals surface area contributed by atoms with Crippen molar-refractivity contribution in [1.82, 2.24) is 5.32 Å². The van der Waals surface area contributed by atoms with Crippen molar-refractivity contribution in [2.24, 2.45) is 0 Å². The molecule has 1 atom stereocenters. The number of hydrogen-bond donors (Lipinski definition) is 1. The molecule has 1 aliphatic rings. The van der Waals surface area contributed by atoms with Crippen LogP contribution in [0.5, 0.6) is 0 Å². The van der Waals surface area contributed by atoms with Crippen LogP contribution in [0.2, 0.25) is 0 Å². The van der Waals surface area contributed by atoms with Crippen LogP contribution in [-0.2, 0) is 4.74 Å². The molecule has 2 nitrogen and oxygen atoms in total. The minimum Gasteiger partial charge on any atom is -0.370 e. The van der Waals surface area contributed by atoms with Gasteiger partial charge in [0, 0.05) is 18.0 Å². The van der Waals surface area contributed by atoms with Gasteiger partial charge < -0.3 is 10.1 Å². The van der Waals surface area contributed by atoms with E-state index in [2.05, 4.69) is 5.32 Å². The van der Waals surface area contributed by atoms with Gasteiger partial charge in [-0.15, -0.1) is 11.3 Å². The van der Waals surface area contributed by atoms with Gasteiger partial charge in [0.25, 0.3) is 0 Å². The highest BCUT2D eigenvalue weighted by Crippen LogP contribution is 2.25. The van der Waals surface area contributed by atoms with E-state index in [0.717, 1.165) is 29.3 Å². The number of morpholine rings is 1. The zero-order valence-corrected chi connectivity index (χ0v) is 7.36. The Kier molecular flexibility index (Phi) is 2.39. The van der Waals surface area contributed by atoms with Crippen molar-refractivity contribution >= 4 is 11.3 Å². The highest BCUT2D eigenvalue weighted by molar-refractivity contribution is 7.10. The van der Waals surface area contributed by atoms with Gasteiger partial charge in [-0.2, -0.15) is 4.39 Å². The second-order valence-corrected chi connectivity index (χ2v) is 3.77. The quantitative estimate of drug-likeness (QED) is 0.720. The minimum absolute atomic E-state index is 0.0493. The molecule has 0 aliphatic carbocycles. The van der Waals surface area contributed by atoms with Gasteiger partial charge in [0.2, 0.25) is 0 Å². The number of hydrogen-bond acceptors (Lipinski definition) is 3. The zero-order valence-electron chi connectivity index (χ0n) is 6.55. The molecule has 0 bridgehead atoms. The van der Waals surface area contributed by atoms with E-state index < -0.39 is 0 Å². The molecular formula is C8H10FNOS. The Hall–Kier alpha value is -0.450. The summed E-state index contributed by atoms with van der Waals surface area (Å²) in [5.74, 6) is 0. The number of halogens is 1. The molecule has 1 aliphatic heterocycles. The molecule has 2 rings (SSSR count). The van der Waals surface area contributed by atoms with Crippen LogP contribution >= 0.6 is 11.3 Å². The van der Waals surface area contributed by atoms with E-state index in [0.29, 0.717) is 6.61 Å². The average Bonchev–Trinajstić information content (AvgIpc) is 2.54. The van der Waals surface area contributed by atoms with Crippen LogP contribution < -0.4 is 5.32 Å². The fourth-order valence-corrected chi connectivity index (χ4v) is 2.03. The molecule has 1 unspecified atom stereocenters. The summed E-state index contributed by atoms with van der Waals surface area (Å²) >= 11 is 1.16. The first-order chi connectivity index (χ1) is 5.86. The predicted octanol–water partition coefficient (Wildman–Crippen LogP) is 1.55. The van der Waals surface area contributed by atoms with E-state index in [-0.39, 0.29) is 11.2 Å². The third kappa shape index (κ3) is 1.65. The number of ether oxygens (including phenoxy) is 1. The maximum Gasteiger partial charge on any atom is 0.176 e. The largest absolute Gasteiger partial charge is 0.370 e. The Bertz CT molecular complexity index is 257. The lowest BCUT2D eigenvalue weighted by atomic mass is 10.2. The van der Waals surface area contributed by atoms with E-state index in [1.807, 2.05) is 0 Å². The van der Waals surface area contributed by atoms with E-state index >= 15 is 0 Å². The third-order valence-corrected chi connectivity index (χ3v) is 2.80.